The van der Waals surface area contributed by atoms with Crippen molar-refractivity contribution in [2.45, 2.75) is 18.9 Å². The van der Waals surface area contributed by atoms with Crippen LogP contribution in [-0.4, -0.2) is 28.5 Å². The second-order valence-corrected chi connectivity index (χ2v) is 6.85. The molecule has 0 spiro atoms. The lowest BCUT2D eigenvalue weighted by Crippen LogP contribution is -2.35. The third-order valence-corrected chi connectivity index (χ3v) is 4.69. The van der Waals surface area contributed by atoms with Crippen LogP contribution in [0.4, 0.5) is 0 Å². The van der Waals surface area contributed by atoms with E-state index in [1.807, 2.05) is 30.3 Å². The van der Waals surface area contributed by atoms with Crippen LogP contribution in [0.5, 0.6) is 5.75 Å². The Morgan fingerprint density at radius 2 is 1.89 bits per heavy atom. The molecule has 1 amide bonds. The molecule has 4 rings (SSSR count). The van der Waals surface area contributed by atoms with Crippen LogP contribution in [0.25, 0.3) is 11.4 Å². The molecular weight excluding hydrogens is 362 g/mol. The predicted molar refractivity (Wildman–Crippen MR) is 104 cm³/mol. The van der Waals surface area contributed by atoms with Crippen molar-refractivity contribution in [2.24, 2.45) is 0 Å². The molecule has 0 aliphatic carbocycles. The van der Waals surface area contributed by atoms with Gasteiger partial charge in [-0.2, -0.15) is 0 Å². The molecule has 3 aromatic rings. The minimum Gasteiger partial charge on any atom is -0.487 e. The fourth-order valence-electron chi connectivity index (χ4n) is 3.14. The van der Waals surface area contributed by atoms with Crippen LogP contribution in [0.3, 0.4) is 0 Å². The Morgan fingerprint density at radius 3 is 2.67 bits per heavy atom. The number of hydrogen-bond acceptors (Lipinski definition) is 4. The molecule has 5 nitrogen and oxygen atoms in total. The third kappa shape index (κ3) is 4.09. The molecule has 0 saturated heterocycles. The Morgan fingerprint density at radius 1 is 1.11 bits per heavy atom. The van der Waals surface area contributed by atoms with Gasteiger partial charge >= 0.3 is 0 Å². The number of carbonyl (C=O) groups excluding carboxylic acids is 1. The average molecular weight is 380 g/mol. The van der Waals surface area contributed by atoms with Crippen molar-refractivity contribution in [2.75, 3.05) is 6.54 Å². The van der Waals surface area contributed by atoms with Crippen molar-refractivity contribution in [1.82, 2.24) is 15.3 Å². The van der Waals surface area contributed by atoms with Crippen LogP contribution in [0.1, 0.15) is 11.1 Å². The van der Waals surface area contributed by atoms with Gasteiger partial charge in [0, 0.05) is 23.8 Å². The first-order chi connectivity index (χ1) is 13.2. The standard InChI is InChI=1S/C21H18ClN3O2/c22-16-7-5-14(6-8-16)11-19(26)25-13-17-12-15-3-1-4-18(20(15)27-17)21-23-9-2-10-24-21/h1-10,17H,11-13H2,(H,25,26)/t17-/m1/s1. The normalized spacial score (nSPS) is 15.1. The van der Waals surface area contributed by atoms with E-state index in [0.717, 1.165) is 28.9 Å². The summed E-state index contributed by atoms with van der Waals surface area (Å²) in [5.41, 5.74) is 2.91. The van der Waals surface area contributed by atoms with Crippen LogP contribution in [-0.2, 0) is 17.6 Å². The summed E-state index contributed by atoms with van der Waals surface area (Å²) >= 11 is 5.87. The zero-order chi connectivity index (χ0) is 18.6. The van der Waals surface area contributed by atoms with E-state index in [1.54, 1.807) is 30.6 Å². The molecule has 0 fully saturated rings. The zero-order valence-corrected chi connectivity index (χ0v) is 15.3. The number of amides is 1. The van der Waals surface area contributed by atoms with E-state index in [1.165, 1.54) is 0 Å². The Balaban J connectivity index is 1.38. The SMILES string of the molecule is O=C(Cc1ccc(Cl)cc1)NC[C@H]1Cc2cccc(-c3ncccn3)c2O1. The predicted octanol–water partition coefficient (Wildman–Crippen LogP) is 3.46. The number of hydrogen-bond donors (Lipinski definition) is 1. The highest BCUT2D eigenvalue weighted by Crippen LogP contribution is 2.37. The van der Waals surface area contributed by atoms with Crippen LogP contribution in [0.2, 0.25) is 5.02 Å². The van der Waals surface area contributed by atoms with Crippen molar-refractivity contribution < 1.29 is 9.53 Å². The number of carbonyl (C=O) groups is 1. The summed E-state index contributed by atoms with van der Waals surface area (Å²) in [6.45, 7) is 0.455. The van der Waals surface area contributed by atoms with E-state index < -0.39 is 0 Å². The van der Waals surface area contributed by atoms with Gasteiger partial charge in [-0.05, 0) is 35.4 Å². The molecule has 0 bridgehead atoms. The number of rotatable bonds is 5. The van der Waals surface area contributed by atoms with Gasteiger partial charge in [0.05, 0.1) is 18.5 Å². The van der Waals surface area contributed by atoms with Gasteiger partial charge in [-0.3, -0.25) is 4.79 Å². The maximum absolute atomic E-state index is 12.2. The number of halogens is 1. The minimum atomic E-state index is -0.0981. The minimum absolute atomic E-state index is 0.0384. The Bertz CT molecular complexity index is 945. The number of para-hydroxylation sites is 1. The first-order valence-electron chi connectivity index (χ1n) is 8.76. The van der Waals surface area contributed by atoms with E-state index in [2.05, 4.69) is 15.3 Å². The molecule has 2 aromatic carbocycles. The van der Waals surface area contributed by atoms with Crippen molar-refractivity contribution in [1.29, 1.82) is 0 Å². The maximum Gasteiger partial charge on any atom is 0.224 e. The van der Waals surface area contributed by atoms with E-state index in [4.69, 9.17) is 16.3 Å². The molecule has 6 heteroatoms. The highest BCUT2D eigenvalue weighted by atomic mass is 35.5. The van der Waals surface area contributed by atoms with E-state index in [-0.39, 0.29) is 12.0 Å². The molecule has 1 aliphatic heterocycles. The quantitative estimate of drug-likeness (QED) is 0.737. The monoisotopic (exact) mass is 379 g/mol. The number of nitrogens with zero attached hydrogens (tertiary/aromatic N) is 2. The first kappa shape index (κ1) is 17.5. The van der Waals surface area contributed by atoms with E-state index in [0.29, 0.717) is 23.8 Å². The summed E-state index contributed by atoms with van der Waals surface area (Å²) in [4.78, 5) is 20.8. The number of aromatic nitrogens is 2. The molecule has 1 N–H and O–H groups in total. The van der Waals surface area contributed by atoms with Gasteiger partial charge in [-0.25, -0.2) is 9.97 Å². The molecule has 0 saturated carbocycles. The molecule has 1 aromatic heterocycles. The molecule has 1 atom stereocenters. The second-order valence-electron chi connectivity index (χ2n) is 6.42. The van der Waals surface area contributed by atoms with Gasteiger partial charge in [-0.15, -0.1) is 0 Å². The molecule has 2 heterocycles. The van der Waals surface area contributed by atoms with Gasteiger partial charge in [0.1, 0.15) is 11.9 Å². The lowest BCUT2D eigenvalue weighted by molar-refractivity contribution is -0.120. The van der Waals surface area contributed by atoms with E-state index >= 15 is 0 Å². The number of ether oxygens (including phenoxy) is 1. The molecule has 1 aliphatic rings. The summed E-state index contributed by atoms with van der Waals surface area (Å²) in [5, 5.41) is 3.62. The average Bonchev–Trinajstić information content (AvgIpc) is 3.12. The third-order valence-electron chi connectivity index (χ3n) is 4.44. The van der Waals surface area contributed by atoms with Gasteiger partial charge in [-0.1, -0.05) is 35.9 Å². The number of benzene rings is 2. The van der Waals surface area contributed by atoms with Gasteiger partial charge in [0.25, 0.3) is 0 Å². The van der Waals surface area contributed by atoms with Gasteiger partial charge in [0.2, 0.25) is 5.91 Å². The van der Waals surface area contributed by atoms with E-state index in [9.17, 15) is 4.79 Å². The van der Waals surface area contributed by atoms with Crippen LogP contribution >= 0.6 is 11.6 Å². The Kier molecular flexibility index (Phi) is 5.03. The number of fused-ring (bicyclic) bond motifs is 1. The molecule has 0 unspecified atom stereocenters. The molecule has 27 heavy (non-hydrogen) atoms. The van der Waals surface area contributed by atoms with Crippen LogP contribution in [0.15, 0.2) is 60.9 Å². The Labute approximate surface area is 162 Å². The summed E-state index contributed by atoms with van der Waals surface area (Å²) < 4.78 is 6.10. The highest BCUT2D eigenvalue weighted by Gasteiger charge is 2.26. The summed E-state index contributed by atoms with van der Waals surface area (Å²) in [6, 6.07) is 15.0. The molecule has 136 valence electrons. The van der Waals surface area contributed by atoms with Crippen molar-refractivity contribution >= 4 is 17.5 Å². The smallest absolute Gasteiger partial charge is 0.224 e. The summed E-state index contributed by atoms with van der Waals surface area (Å²) in [5.74, 6) is 1.41. The summed E-state index contributed by atoms with van der Waals surface area (Å²) in [6.07, 6.45) is 4.40. The zero-order valence-electron chi connectivity index (χ0n) is 14.6. The number of nitrogens with one attached hydrogen (secondary N) is 1. The van der Waals surface area contributed by atoms with Gasteiger partial charge in [0.15, 0.2) is 5.82 Å². The second kappa shape index (κ2) is 7.76. The van der Waals surface area contributed by atoms with Crippen molar-refractivity contribution in [3.63, 3.8) is 0 Å². The first-order valence-corrected chi connectivity index (χ1v) is 9.14. The fourth-order valence-corrected chi connectivity index (χ4v) is 3.27. The van der Waals surface area contributed by atoms with Gasteiger partial charge < -0.3 is 10.1 Å². The highest BCUT2D eigenvalue weighted by molar-refractivity contribution is 6.30. The topological polar surface area (TPSA) is 64.1 Å². The summed E-state index contributed by atoms with van der Waals surface area (Å²) in [7, 11) is 0. The lowest BCUT2D eigenvalue weighted by atomic mass is 10.1. The Hall–Kier alpha value is -2.92. The maximum atomic E-state index is 12.2. The largest absolute Gasteiger partial charge is 0.487 e. The van der Waals surface area contributed by atoms with Crippen molar-refractivity contribution in [3.05, 3.63) is 77.1 Å². The molecule has 0 radical (unpaired) electrons. The van der Waals surface area contributed by atoms with Crippen LogP contribution in [0, 0.1) is 0 Å². The molecular formula is C21H18ClN3O2. The van der Waals surface area contributed by atoms with Crippen LogP contribution < -0.4 is 10.1 Å². The lowest BCUT2D eigenvalue weighted by Gasteiger charge is -2.13. The van der Waals surface area contributed by atoms with Crippen molar-refractivity contribution in [3.8, 4) is 17.1 Å². The fraction of sp³-hybridized carbons (Fsp3) is 0.190.